The van der Waals surface area contributed by atoms with Crippen LogP contribution < -0.4 is 10.6 Å². The molecule has 0 saturated heterocycles. The molecule has 8 nitrogen and oxygen atoms in total. The first-order valence-electron chi connectivity index (χ1n) is 12.8. The molecule has 0 heterocycles. The molecule has 0 atom stereocenters. The summed E-state index contributed by atoms with van der Waals surface area (Å²) >= 11 is 0. The Morgan fingerprint density at radius 1 is 0.762 bits per heavy atom. The predicted molar refractivity (Wildman–Crippen MR) is 155 cm³/mol. The van der Waals surface area contributed by atoms with Gasteiger partial charge in [0.2, 0.25) is 0 Å². The van der Waals surface area contributed by atoms with Gasteiger partial charge in [-0.25, -0.2) is 18.5 Å². The van der Waals surface area contributed by atoms with Crippen LogP contribution in [-0.4, -0.2) is 35.1 Å². The molecule has 4 rings (SSSR count). The normalized spacial score (nSPS) is 10.8. The number of anilines is 2. The van der Waals surface area contributed by atoms with Gasteiger partial charge in [0, 0.05) is 35.1 Å². The van der Waals surface area contributed by atoms with Crippen LogP contribution in [0.15, 0.2) is 60.7 Å². The molecule has 4 aromatic carbocycles. The van der Waals surface area contributed by atoms with Crippen LogP contribution in [0.3, 0.4) is 0 Å². The average molecular weight is 575 g/mol. The third kappa shape index (κ3) is 6.04. The number of Topliss-reactive ketones (excluding diaryl/α,β-unsaturated/α-hetero) is 1. The SMILES string of the molecule is CNc1ccc(-c2ccc(NC(=O)c3cc(C)c(-c4cc(COO)c(C(C)=O)cc4C)cc3C(=O)O)cc2F)c(F)c1. The highest BCUT2D eigenvalue weighted by atomic mass is 19.1. The van der Waals surface area contributed by atoms with Crippen molar-refractivity contribution < 1.29 is 38.4 Å². The van der Waals surface area contributed by atoms with E-state index < -0.39 is 23.5 Å². The Morgan fingerprint density at radius 3 is 1.83 bits per heavy atom. The molecule has 0 aliphatic carbocycles. The van der Waals surface area contributed by atoms with Crippen molar-refractivity contribution in [1.29, 1.82) is 0 Å². The largest absolute Gasteiger partial charge is 0.478 e. The van der Waals surface area contributed by atoms with Crippen LogP contribution in [0.1, 0.15) is 54.7 Å². The topological polar surface area (TPSA) is 125 Å². The number of rotatable bonds is 9. The van der Waals surface area contributed by atoms with Crippen LogP contribution in [0.5, 0.6) is 0 Å². The molecule has 4 aromatic rings. The Balaban J connectivity index is 1.69. The highest BCUT2D eigenvalue weighted by Crippen LogP contribution is 2.33. The predicted octanol–water partition coefficient (Wildman–Crippen LogP) is 7.10. The van der Waals surface area contributed by atoms with Crippen molar-refractivity contribution in [3.63, 3.8) is 0 Å². The maximum Gasteiger partial charge on any atom is 0.336 e. The maximum atomic E-state index is 15.0. The monoisotopic (exact) mass is 574 g/mol. The third-order valence-electron chi connectivity index (χ3n) is 6.95. The molecule has 0 radical (unpaired) electrons. The third-order valence-corrected chi connectivity index (χ3v) is 6.95. The molecular formula is C32H28F2N2O6. The number of aromatic carboxylic acids is 1. The van der Waals surface area contributed by atoms with Gasteiger partial charge in [-0.3, -0.25) is 14.8 Å². The fourth-order valence-corrected chi connectivity index (χ4v) is 4.82. The van der Waals surface area contributed by atoms with Crippen LogP contribution >= 0.6 is 0 Å². The van der Waals surface area contributed by atoms with Crippen LogP contribution in [0.4, 0.5) is 20.2 Å². The highest BCUT2D eigenvalue weighted by Gasteiger charge is 2.22. The molecule has 0 aliphatic heterocycles. The molecule has 0 fully saturated rings. The molecule has 216 valence electrons. The first-order chi connectivity index (χ1) is 19.9. The summed E-state index contributed by atoms with van der Waals surface area (Å²) in [4.78, 5) is 41.8. The smallest absolute Gasteiger partial charge is 0.336 e. The molecule has 0 aliphatic rings. The first kappa shape index (κ1) is 30.0. The first-order valence-corrected chi connectivity index (χ1v) is 12.8. The molecular weight excluding hydrogens is 546 g/mol. The Kier molecular flexibility index (Phi) is 8.79. The number of nitrogens with one attached hydrogen (secondary N) is 2. The van der Waals surface area contributed by atoms with E-state index in [0.29, 0.717) is 39.1 Å². The van der Waals surface area contributed by atoms with E-state index >= 15 is 0 Å². The van der Waals surface area contributed by atoms with Crippen LogP contribution in [0, 0.1) is 25.5 Å². The number of halogens is 2. The quantitative estimate of drug-likeness (QED) is 0.0955. The summed E-state index contributed by atoms with van der Waals surface area (Å²) in [6.07, 6.45) is 0. The summed E-state index contributed by atoms with van der Waals surface area (Å²) in [6.45, 7) is 4.58. The van der Waals surface area contributed by atoms with Crippen molar-refractivity contribution in [1.82, 2.24) is 0 Å². The van der Waals surface area contributed by atoms with E-state index in [1.807, 2.05) is 0 Å². The van der Waals surface area contributed by atoms with Gasteiger partial charge in [0.25, 0.3) is 5.91 Å². The summed E-state index contributed by atoms with van der Waals surface area (Å²) < 4.78 is 29.5. The molecule has 0 aromatic heterocycles. The van der Waals surface area contributed by atoms with Crippen molar-refractivity contribution in [3.8, 4) is 22.3 Å². The fourth-order valence-electron chi connectivity index (χ4n) is 4.82. The molecule has 0 saturated carbocycles. The summed E-state index contributed by atoms with van der Waals surface area (Å²) in [5.41, 5.74) is 3.25. The van der Waals surface area contributed by atoms with Gasteiger partial charge in [-0.15, -0.1) is 0 Å². The highest BCUT2D eigenvalue weighted by molar-refractivity contribution is 6.11. The second kappa shape index (κ2) is 12.3. The molecule has 42 heavy (non-hydrogen) atoms. The van der Waals surface area contributed by atoms with Crippen LogP contribution in [-0.2, 0) is 11.5 Å². The van der Waals surface area contributed by atoms with E-state index in [1.165, 1.54) is 43.3 Å². The fraction of sp³-hybridized carbons (Fsp3) is 0.156. The number of carbonyl (C=O) groups excluding carboxylic acids is 2. The second-order valence-corrected chi connectivity index (χ2v) is 9.77. The summed E-state index contributed by atoms with van der Waals surface area (Å²) in [5, 5.41) is 24.3. The number of benzene rings is 4. The van der Waals surface area contributed by atoms with E-state index in [2.05, 4.69) is 15.5 Å². The molecule has 1 amide bonds. The number of carboxylic acid groups (broad SMARTS) is 1. The molecule has 10 heteroatoms. The summed E-state index contributed by atoms with van der Waals surface area (Å²) in [6, 6.07) is 14.1. The average Bonchev–Trinajstić information content (AvgIpc) is 2.94. The lowest BCUT2D eigenvalue weighted by Crippen LogP contribution is -2.17. The van der Waals surface area contributed by atoms with Crippen molar-refractivity contribution in [3.05, 3.63) is 106 Å². The lowest BCUT2D eigenvalue weighted by Gasteiger charge is -2.17. The maximum absolute atomic E-state index is 15.0. The van der Waals surface area contributed by atoms with Crippen LogP contribution in [0.2, 0.25) is 0 Å². The number of aryl methyl sites for hydroxylation is 2. The number of hydrogen-bond donors (Lipinski definition) is 4. The van der Waals surface area contributed by atoms with Crippen molar-refractivity contribution in [2.75, 3.05) is 17.7 Å². The number of carbonyl (C=O) groups is 3. The minimum absolute atomic E-state index is 0.00305. The summed E-state index contributed by atoms with van der Waals surface area (Å²) in [7, 11) is 1.63. The lowest BCUT2D eigenvalue weighted by atomic mass is 9.88. The number of amides is 1. The Hall–Kier alpha value is -4.93. The van der Waals surface area contributed by atoms with Crippen molar-refractivity contribution in [2.45, 2.75) is 27.4 Å². The van der Waals surface area contributed by atoms with Gasteiger partial charge < -0.3 is 15.7 Å². The Bertz CT molecular complexity index is 1740. The molecule has 0 bridgehead atoms. The Labute approximate surface area is 240 Å². The molecule has 0 spiro atoms. The van der Waals surface area contributed by atoms with E-state index in [-0.39, 0.29) is 40.3 Å². The minimum Gasteiger partial charge on any atom is -0.478 e. The summed E-state index contributed by atoms with van der Waals surface area (Å²) in [5.74, 6) is -3.77. The molecule has 0 unspecified atom stereocenters. The number of carboxylic acids is 1. The van der Waals surface area contributed by atoms with Gasteiger partial charge in [0.05, 0.1) is 11.1 Å². The van der Waals surface area contributed by atoms with Gasteiger partial charge in [0.15, 0.2) is 5.78 Å². The van der Waals surface area contributed by atoms with E-state index in [9.17, 15) is 28.3 Å². The van der Waals surface area contributed by atoms with Gasteiger partial charge in [-0.1, -0.05) is 0 Å². The Morgan fingerprint density at radius 2 is 1.31 bits per heavy atom. The molecule has 4 N–H and O–H groups in total. The zero-order valence-electron chi connectivity index (χ0n) is 23.3. The van der Waals surface area contributed by atoms with Gasteiger partial charge >= 0.3 is 5.97 Å². The van der Waals surface area contributed by atoms with Crippen molar-refractivity contribution >= 4 is 29.0 Å². The van der Waals surface area contributed by atoms with E-state index in [0.717, 1.165) is 6.07 Å². The standard InChI is InChI=1S/C32H28F2N2O6/c1-16-9-26(18(3)37)19(15-42-41)11-24(16)25-14-28(32(39)40)27(10-17(25)2)31(38)36-21-6-8-23(30(34)13-21)22-7-5-20(35-4)12-29(22)33/h5-14,35,41H,15H2,1-4H3,(H,36,38)(H,39,40). The minimum atomic E-state index is -1.36. The van der Waals surface area contributed by atoms with Gasteiger partial charge in [-0.05, 0) is 109 Å². The second-order valence-electron chi connectivity index (χ2n) is 9.77. The number of ketones is 1. The zero-order chi connectivity index (χ0) is 30.7. The van der Waals surface area contributed by atoms with Crippen LogP contribution in [0.25, 0.3) is 22.3 Å². The van der Waals surface area contributed by atoms with E-state index in [4.69, 9.17) is 5.26 Å². The van der Waals surface area contributed by atoms with Gasteiger partial charge in [0.1, 0.15) is 18.2 Å². The van der Waals surface area contributed by atoms with Crippen molar-refractivity contribution in [2.24, 2.45) is 0 Å². The zero-order valence-corrected chi connectivity index (χ0v) is 23.3. The van der Waals surface area contributed by atoms with E-state index in [1.54, 1.807) is 39.1 Å². The lowest BCUT2D eigenvalue weighted by molar-refractivity contribution is -0.253. The van der Waals surface area contributed by atoms with Gasteiger partial charge in [-0.2, -0.15) is 0 Å². The number of hydrogen-bond acceptors (Lipinski definition) is 6.